The van der Waals surface area contributed by atoms with Crippen LogP contribution in [0.1, 0.15) is 36.5 Å². The van der Waals surface area contributed by atoms with Crippen LogP contribution >= 0.6 is 0 Å². The summed E-state index contributed by atoms with van der Waals surface area (Å²) in [4.78, 5) is 25.6. The van der Waals surface area contributed by atoms with E-state index in [9.17, 15) is 9.59 Å². The number of benzene rings is 1. The Balaban J connectivity index is 1.76. The lowest BCUT2D eigenvalue weighted by molar-refractivity contribution is -0.116. The Labute approximate surface area is 131 Å². The fraction of sp³-hybridized carbons (Fsp3) is 0.529. The highest BCUT2D eigenvalue weighted by atomic mass is 16.5. The van der Waals surface area contributed by atoms with Gasteiger partial charge in [0.25, 0.3) is 0 Å². The summed E-state index contributed by atoms with van der Waals surface area (Å²) in [5, 5.41) is 2.86. The second-order valence-corrected chi connectivity index (χ2v) is 5.89. The molecule has 0 radical (unpaired) electrons. The average molecular weight is 304 g/mol. The molecule has 0 unspecified atom stereocenters. The second-order valence-electron chi connectivity index (χ2n) is 5.89. The number of ether oxygens (including phenoxy) is 1. The molecule has 1 aromatic rings. The summed E-state index contributed by atoms with van der Waals surface area (Å²) in [5.74, 6) is 0.431. The van der Waals surface area contributed by atoms with Gasteiger partial charge in [-0.1, -0.05) is 6.92 Å². The molecule has 0 aromatic heterocycles. The number of rotatable bonds is 5. The number of methoxy groups -OCH3 is 1. The molecule has 1 aliphatic heterocycles. The van der Waals surface area contributed by atoms with Gasteiger partial charge in [-0.2, -0.15) is 0 Å². The minimum atomic E-state index is -0.378. The van der Waals surface area contributed by atoms with E-state index >= 15 is 0 Å². The van der Waals surface area contributed by atoms with Crippen molar-refractivity contribution in [3.63, 3.8) is 0 Å². The van der Waals surface area contributed by atoms with E-state index in [1.165, 1.54) is 20.0 Å². The van der Waals surface area contributed by atoms with Gasteiger partial charge in [-0.3, -0.25) is 4.79 Å². The van der Waals surface area contributed by atoms with Crippen LogP contribution < -0.4 is 5.32 Å². The fourth-order valence-electron chi connectivity index (χ4n) is 2.58. The zero-order chi connectivity index (χ0) is 15.9. The highest BCUT2D eigenvalue weighted by molar-refractivity contribution is 5.93. The van der Waals surface area contributed by atoms with Gasteiger partial charge in [0.15, 0.2) is 0 Å². The number of amides is 1. The van der Waals surface area contributed by atoms with Gasteiger partial charge in [0.2, 0.25) is 5.91 Å². The molecule has 2 rings (SSSR count). The third-order valence-corrected chi connectivity index (χ3v) is 4.12. The number of carbonyl (C=O) groups is 2. The van der Waals surface area contributed by atoms with Crippen molar-refractivity contribution in [2.45, 2.75) is 26.2 Å². The molecule has 22 heavy (non-hydrogen) atoms. The van der Waals surface area contributed by atoms with Crippen molar-refractivity contribution >= 4 is 17.6 Å². The van der Waals surface area contributed by atoms with Crippen LogP contribution in [-0.2, 0) is 9.53 Å². The predicted molar refractivity (Wildman–Crippen MR) is 85.9 cm³/mol. The first-order valence-corrected chi connectivity index (χ1v) is 7.79. The maximum Gasteiger partial charge on any atom is 0.337 e. The summed E-state index contributed by atoms with van der Waals surface area (Å²) in [6.45, 7) is 5.26. The van der Waals surface area contributed by atoms with Gasteiger partial charge in [-0.25, -0.2) is 4.79 Å². The molecular formula is C17H24N2O3. The van der Waals surface area contributed by atoms with Crippen LogP contribution in [0.2, 0.25) is 0 Å². The van der Waals surface area contributed by atoms with Crippen LogP contribution in [0.4, 0.5) is 5.69 Å². The van der Waals surface area contributed by atoms with E-state index in [1.54, 1.807) is 24.3 Å². The molecule has 0 aliphatic carbocycles. The Morgan fingerprint density at radius 3 is 2.45 bits per heavy atom. The van der Waals surface area contributed by atoms with Crippen molar-refractivity contribution in [1.82, 2.24) is 4.90 Å². The number of esters is 1. The van der Waals surface area contributed by atoms with E-state index in [4.69, 9.17) is 0 Å². The smallest absolute Gasteiger partial charge is 0.337 e. The number of piperidine rings is 1. The third-order valence-electron chi connectivity index (χ3n) is 4.12. The van der Waals surface area contributed by atoms with Crippen molar-refractivity contribution in [3.8, 4) is 0 Å². The number of nitrogens with zero attached hydrogens (tertiary/aromatic N) is 1. The monoisotopic (exact) mass is 304 g/mol. The van der Waals surface area contributed by atoms with E-state index in [1.807, 2.05) is 0 Å². The van der Waals surface area contributed by atoms with Crippen molar-refractivity contribution < 1.29 is 14.3 Å². The quantitative estimate of drug-likeness (QED) is 0.849. The molecule has 0 bridgehead atoms. The summed E-state index contributed by atoms with van der Waals surface area (Å²) in [5.41, 5.74) is 1.17. The predicted octanol–water partition coefficient (Wildman–Crippen LogP) is 2.53. The molecule has 0 atom stereocenters. The van der Waals surface area contributed by atoms with E-state index < -0.39 is 0 Å². The van der Waals surface area contributed by atoms with Gasteiger partial charge in [0, 0.05) is 18.7 Å². The van der Waals surface area contributed by atoms with E-state index in [-0.39, 0.29) is 11.9 Å². The molecule has 5 heteroatoms. The molecule has 1 aliphatic rings. The number of nitrogens with one attached hydrogen (secondary N) is 1. The van der Waals surface area contributed by atoms with Gasteiger partial charge in [-0.15, -0.1) is 0 Å². The standard InChI is InChI=1S/C17H24N2O3/c1-13-7-10-19(11-8-13)12-9-16(20)18-15-5-3-14(4-6-15)17(21)22-2/h3-6,13H,7-12H2,1-2H3,(H,18,20). The number of likely N-dealkylation sites (tertiary alicyclic amines) is 1. The first kappa shape index (κ1) is 16.5. The minimum Gasteiger partial charge on any atom is -0.465 e. The largest absolute Gasteiger partial charge is 0.465 e. The lowest BCUT2D eigenvalue weighted by atomic mass is 9.99. The Kier molecular flexibility index (Phi) is 5.95. The highest BCUT2D eigenvalue weighted by Crippen LogP contribution is 2.16. The Morgan fingerprint density at radius 2 is 1.86 bits per heavy atom. The Hall–Kier alpha value is -1.88. The zero-order valence-corrected chi connectivity index (χ0v) is 13.3. The van der Waals surface area contributed by atoms with Crippen LogP contribution in [0, 0.1) is 5.92 Å². The van der Waals surface area contributed by atoms with Gasteiger partial charge in [0.05, 0.1) is 12.7 Å². The molecule has 1 fully saturated rings. The van der Waals surface area contributed by atoms with Gasteiger partial charge in [0.1, 0.15) is 0 Å². The molecule has 1 amide bonds. The van der Waals surface area contributed by atoms with Crippen LogP contribution in [0.5, 0.6) is 0 Å². The van der Waals surface area contributed by atoms with Crippen molar-refractivity contribution in [3.05, 3.63) is 29.8 Å². The number of hydrogen-bond donors (Lipinski definition) is 1. The maximum atomic E-state index is 12.0. The zero-order valence-electron chi connectivity index (χ0n) is 13.3. The molecule has 1 aromatic carbocycles. The fourth-order valence-corrected chi connectivity index (χ4v) is 2.58. The summed E-state index contributed by atoms with van der Waals surface area (Å²) in [6.07, 6.45) is 2.93. The SMILES string of the molecule is COC(=O)c1ccc(NC(=O)CCN2CCC(C)CC2)cc1. The topological polar surface area (TPSA) is 58.6 Å². The number of hydrogen-bond acceptors (Lipinski definition) is 4. The lowest BCUT2D eigenvalue weighted by Gasteiger charge is -2.29. The summed E-state index contributed by atoms with van der Waals surface area (Å²) >= 11 is 0. The molecular weight excluding hydrogens is 280 g/mol. The maximum absolute atomic E-state index is 12.0. The van der Waals surface area contributed by atoms with Crippen LogP contribution in [0.25, 0.3) is 0 Å². The van der Waals surface area contributed by atoms with Crippen molar-refractivity contribution in [2.24, 2.45) is 5.92 Å². The van der Waals surface area contributed by atoms with Crippen LogP contribution in [-0.4, -0.2) is 43.5 Å². The van der Waals surface area contributed by atoms with E-state index in [2.05, 4.69) is 21.9 Å². The van der Waals surface area contributed by atoms with E-state index in [0.717, 1.165) is 25.6 Å². The number of carbonyl (C=O) groups excluding carboxylic acids is 2. The normalized spacial score (nSPS) is 16.3. The first-order valence-electron chi connectivity index (χ1n) is 7.79. The highest BCUT2D eigenvalue weighted by Gasteiger charge is 2.16. The minimum absolute atomic E-state index is 0.00411. The molecule has 0 spiro atoms. The molecule has 1 saturated heterocycles. The lowest BCUT2D eigenvalue weighted by Crippen LogP contribution is -2.35. The van der Waals surface area contributed by atoms with Crippen molar-refractivity contribution in [1.29, 1.82) is 0 Å². The molecule has 0 saturated carbocycles. The summed E-state index contributed by atoms with van der Waals surface area (Å²) in [7, 11) is 1.35. The molecule has 120 valence electrons. The van der Waals surface area contributed by atoms with Gasteiger partial charge >= 0.3 is 5.97 Å². The average Bonchev–Trinajstić information content (AvgIpc) is 2.54. The van der Waals surface area contributed by atoms with Crippen LogP contribution in [0.15, 0.2) is 24.3 Å². The van der Waals surface area contributed by atoms with Gasteiger partial charge < -0.3 is 15.0 Å². The summed E-state index contributed by atoms with van der Waals surface area (Å²) in [6, 6.07) is 6.72. The molecule has 1 heterocycles. The van der Waals surface area contributed by atoms with Crippen molar-refractivity contribution in [2.75, 3.05) is 32.1 Å². The second kappa shape index (κ2) is 7.94. The molecule has 1 N–H and O–H groups in total. The first-order chi connectivity index (χ1) is 10.6. The van der Waals surface area contributed by atoms with Crippen LogP contribution in [0.3, 0.4) is 0 Å². The third kappa shape index (κ3) is 4.84. The Morgan fingerprint density at radius 1 is 1.23 bits per heavy atom. The summed E-state index contributed by atoms with van der Waals surface area (Å²) < 4.78 is 4.64. The van der Waals surface area contributed by atoms with Gasteiger partial charge in [-0.05, 0) is 56.1 Å². The van der Waals surface area contributed by atoms with E-state index in [0.29, 0.717) is 17.7 Å². The Bertz CT molecular complexity index is 505. The number of anilines is 1. The molecule has 5 nitrogen and oxygen atoms in total.